The van der Waals surface area contributed by atoms with Crippen molar-refractivity contribution in [2.45, 2.75) is 26.5 Å². The maximum absolute atomic E-state index is 13.2. The zero-order valence-electron chi connectivity index (χ0n) is 16.2. The van der Waals surface area contributed by atoms with Crippen LogP contribution in [0.1, 0.15) is 26.0 Å². The van der Waals surface area contributed by atoms with Gasteiger partial charge in [-0.05, 0) is 67.1 Å². The van der Waals surface area contributed by atoms with Crippen LogP contribution in [0.4, 0.5) is 4.39 Å². The fourth-order valence-corrected chi connectivity index (χ4v) is 3.29. The molecule has 4 aromatic rings. The summed E-state index contributed by atoms with van der Waals surface area (Å²) >= 11 is 0. The van der Waals surface area contributed by atoms with Crippen LogP contribution in [0.25, 0.3) is 16.6 Å². The molecule has 0 aliphatic rings. The van der Waals surface area contributed by atoms with Crippen molar-refractivity contribution >= 4 is 10.9 Å². The minimum atomic E-state index is -0.300. The van der Waals surface area contributed by atoms with Gasteiger partial charge in [0.1, 0.15) is 23.4 Å². The third kappa shape index (κ3) is 4.28. The Labute approximate surface area is 175 Å². The van der Waals surface area contributed by atoms with Gasteiger partial charge in [-0.1, -0.05) is 19.6 Å². The van der Waals surface area contributed by atoms with E-state index in [0.29, 0.717) is 5.75 Å². The molecule has 4 rings (SSSR count). The summed E-state index contributed by atoms with van der Waals surface area (Å²) in [5, 5.41) is 5.35. The summed E-state index contributed by atoms with van der Waals surface area (Å²) < 4.78 is 26.4. The highest BCUT2D eigenvalue weighted by Gasteiger charge is 2.19. The number of hydrogen-bond donors (Lipinski definition) is 1. The molecule has 5 nitrogen and oxygen atoms in total. The standard InChI is InChI=1S/C23H22FN3O2.CH4/c1-15(25)23(16-3-9-20(28-2)10-4-16)29-21-11-12-22-17(13-21)14-26-27(22)19-7-5-18(24)6-8-19;/h3-15,23H,25H2,1-2H3;1H4/t15-,23-;/m0./s1. The molecule has 0 aliphatic carbocycles. The number of hydrogen-bond acceptors (Lipinski definition) is 4. The van der Waals surface area contributed by atoms with Crippen molar-refractivity contribution < 1.29 is 13.9 Å². The van der Waals surface area contributed by atoms with Crippen molar-refractivity contribution in [3.63, 3.8) is 0 Å². The van der Waals surface area contributed by atoms with E-state index in [4.69, 9.17) is 15.2 Å². The van der Waals surface area contributed by atoms with E-state index in [9.17, 15) is 4.39 Å². The van der Waals surface area contributed by atoms with E-state index in [-0.39, 0.29) is 25.4 Å². The van der Waals surface area contributed by atoms with Crippen LogP contribution in [0.2, 0.25) is 0 Å². The lowest BCUT2D eigenvalue weighted by Gasteiger charge is -2.23. The van der Waals surface area contributed by atoms with Gasteiger partial charge in [-0.2, -0.15) is 5.10 Å². The Kier molecular flexibility index (Phi) is 6.37. The maximum Gasteiger partial charge on any atom is 0.138 e. The number of halogens is 1. The van der Waals surface area contributed by atoms with Crippen molar-refractivity contribution in [1.29, 1.82) is 0 Å². The molecule has 1 aromatic heterocycles. The summed E-state index contributed by atoms with van der Waals surface area (Å²) in [5.41, 5.74) is 8.87. The van der Waals surface area contributed by atoms with E-state index in [1.807, 2.05) is 49.4 Å². The molecule has 0 spiro atoms. The predicted octanol–water partition coefficient (Wildman–Crippen LogP) is 5.28. The number of fused-ring (bicyclic) bond motifs is 1. The lowest BCUT2D eigenvalue weighted by Crippen LogP contribution is -2.29. The Balaban J connectivity index is 0.00000256. The van der Waals surface area contributed by atoms with Crippen molar-refractivity contribution in [3.8, 4) is 17.2 Å². The first-order valence-electron chi connectivity index (χ1n) is 9.35. The van der Waals surface area contributed by atoms with Crippen LogP contribution >= 0.6 is 0 Å². The van der Waals surface area contributed by atoms with Gasteiger partial charge in [0.15, 0.2) is 0 Å². The molecule has 0 amide bonds. The minimum absolute atomic E-state index is 0. The number of nitrogens with zero attached hydrogens (tertiary/aromatic N) is 2. The Morgan fingerprint density at radius 1 is 0.967 bits per heavy atom. The third-order valence-corrected chi connectivity index (χ3v) is 4.80. The highest BCUT2D eigenvalue weighted by atomic mass is 19.1. The van der Waals surface area contributed by atoms with Crippen LogP contribution in [0.5, 0.6) is 11.5 Å². The largest absolute Gasteiger partial charge is 0.497 e. The zero-order valence-corrected chi connectivity index (χ0v) is 16.2. The van der Waals surface area contributed by atoms with Gasteiger partial charge in [0.25, 0.3) is 0 Å². The Morgan fingerprint density at radius 3 is 2.27 bits per heavy atom. The van der Waals surface area contributed by atoms with Crippen LogP contribution in [-0.2, 0) is 0 Å². The second kappa shape index (κ2) is 8.97. The molecule has 0 aliphatic heterocycles. The molecule has 0 radical (unpaired) electrons. The van der Waals surface area contributed by atoms with Crippen molar-refractivity contribution in [3.05, 3.63) is 84.3 Å². The van der Waals surface area contributed by atoms with Gasteiger partial charge in [0, 0.05) is 11.4 Å². The summed E-state index contributed by atoms with van der Waals surface area (Å²) in [5.74, 6) is 1.21. The molecule has 1 heterocycles. The van der Waals surface area contributed by atoms with Crippen LogP contribution in [0.3, 0.4) is 0 Å². The fraction of sp³-hybridized carbons (Fsp3) is 0.208. The van der Waals surface area contributed by atoms with E-state index in [1.165, 1.54) is 12.1 Å². The van der Waals surface area contributed by atoms with Gasteiger partial charge < -0.3 is 15.2 Å². The van der Waals surface area contributed by atoms with Gasteiger partial charge >= 0.3 is 0 Å². The van der Waals surface area contributed by atoms with Crippen LogP contribution in [-0.4, -0.2) is 22.9 Å². The lowest BCUT2D eigenvalue weighted by molar-refractivity contribution is 0.180. The van der Waals surface area contributed by atoms with E-state index in [2.05, 4.69) is 5.10 Å². The highest BCUT2D eigenvalue weighted by Crippen LogP contribution is 2.29. The van der Waals surface area contributed by atoms with Crippen molar-refractivity contribution in [2.24, 2.45) is 5.73 Å². The van der Waals surface area contributed by atoms with Gasteiger partial charge in [-0.3, -0.25) is 0 Å². The summed E-state index contributed by atoms with van der Waals surface area (Å²) in [7, 11) is 1.63. The topological polar surface area (TPSA) is 62.3 Å². The van der Waals surface area contributed by atoms with E-state index >= 15 is 0 Å². The molecule has 0 bridgehead atoms. The Morgan fingerprint density at radius 2 is 1.63 bits per heavy atom. The minimum Gasteiger partial charge on any atom is -0.497 e. The summed E-state index contributed by atoms with van der Waals surface area (Å²) in [4.78, 5) is 0. The SMILES string of the molecule is C.COc1ccc([C@@H](Oc2ccc3c(cnn3-c3ccc(F)cc3)c2)[C@H](C)N)cc1. The summed E-state index contributed by atoms with van der Waals surface area (Å²) in [6.45, 7) is 1.92. The van der Waals surface area contributed by atoms with Gasteiger partial charge in [-0.25, -0.2) is 9.07 Å². The first kappa shape index (κ1) is 21.3. The predicted molar refractivity (Wildman–Crippen MR) is 118 cm³/mol. The average molecular weight is 407 g/mol. The van der Waals surface area contributed by atoms with Gasteiger partial charge in [-0.15, -0.1) is 0 Å². The molecule has 0 saturated heterocycles. The second-order valence-corrected chi connectivity index (χ2v) is 6.92. The number of benzene rings is 3. The number of nitrogens with two attached hydrogens (primary N) is 1. The molecule has 30 heavy (non-hydrogen) atoms. The quantitative estimate of drug-likeness (QED) is 0.473. The van der Waals surface area contributed by atoms with Crippen molar-refractivity contribution in [2.75, 3.05) is 7.11 Å². The average Bonchev–Trinajstić information content (AvgIpc) is 3.16. The molecular formula is C24H26FN3O2. The molecule has 0 unspecified atom stereocenters. The normalized spacial score (nSPS) is 12.8. The second-order valence-electron chi connectivity index (χ2n) is 6.92. The third-order valence-electron chi connectivity index (χ3n) is 4.80. The molecule has 6 heteroatoms. The molecule has 0 saturated carbocycles. The Bertz CT molecular complexity index is 1110. The van der Waals surface area contributed by atoms with E-state index in [1.54, 1.807) is 30.1 Å². The van der Waals surface area contributed by atoms with Crippen LogP contribution in [0, 0.1) is 5.82 Å². The van der Waals surface area contributed by atoms with Gasteiger partial charge in [0.2, 0.25) is 0 Å². The molecule has 2 N–H and O–H groups in total. The summed E-state index contributed by atoms with van der Waals surface area (Å²) in [6, 6.07) is 19.5. The van der Waals surface area contributed by atoms with Crippen molar-refractivity contribution in [1.82, 2.24) is 9.78 Å². The smallest absolute Gasteiger partial charge is 0.138 e. The zero-order chi connectivity index (χ0) is 20.4. The molecule has 2 atom stereocenters. The Hall–Kier alpha value is -3.38. The fourth-order valence-electron chi connectivity index (χ4n) is 3.29. The van der Waals surface area contributed by atoms with Gasteiger partial charge in [0.05, 0.1) is 24.5 Å². The highest BCUT2D eigenvalue weighted by molar-refractivity contribution is 5.81. The van der Waals surface area contributed by atoms with Crippen LogP contribution in [0.15, 0.2) is 72.9 Å². The maximum atomic E-state index is 13.2. The number of aromatic nitrogens is 2. The number of rotatable bonds is 6. The number of methoxy groups -OCH3 is 1. The van der Waals surface area contributed by atoms with E-state index in [0.717, 1.165) is 27.9 Å². The monoisotopic (exact) mass is 407 g/mol. The number of ether oxygens (including phenoxy) is 2. The van der Waals surface area contributed by atoms with Crippen LogP contribution < -0.4 is 15.2 Å². The molecule has 156 valence electrons. The molecular weight excluding hydrogens is 381 g/mol. The first-order valence-corrected chi connectivity index (χ1v) is 9.35. The molecule has 3 aromatic carbocycles. The lowest BCUT2D eigenvalue weighted by atomic mass is 10.0. The summed E-state index contributed by atoms with van der Waals surface area (Å²) in [6.07, 6.45) is 1.46. The van der Waals surface area contributed by atoms with E-state index < -0.39 is 0 Å². The molecule has 0 fully saturated rings. The first-order chi connectivity index (χ1) is 14.0.